The minimum Gasteiger partial charge on any atom is -0.468 e. The Morgan fingerprint density at radius 2 is 1.86 bits per heavy atom. The van der Waals surface area contributed by atoms with Crippen LogP contribution < -0.4 is 5.32 Å². The summed E-state index contributed by atoms with van der Waals surface area (Å²) >= 11 is 0. The van der Waals surface area contributed by atoms with E-state index in [4.69, 9.17) is 4.74 Å². The van der Waals surface area contributed by atoms with Crippen LogP contribution in [0.5, 0.6) is 0 Å². The monoisotopic (exact) mass is 290 g/mol. The molecule has 0 amide bonds. The zero-order chi connectivity index (χ0) is 15.8. The average molecular weight is 290 g/mol. The summed E-state index contributed by atoms with van der Waals surface area (Å²) in [6, 6.07) is 7.94. The lowest BCUT2D eigenvalue weighted by atomic mass is 9.99. The summed E-state index contributed by atoms with van der Waals surface area (Å²) in [5.41, 5.74) is 3.53. The summed E-state index contributed by atoms with van der Waals surface area (Å²) in [6.45, 7) is 8.68. The second kappa shape index (κ2) is 8.47. The third kappa shape index (κ3) is 3.64. The normalized spacial score (nSPS) is 16.0. The van der Waals surface area contributed by atoms with Crippen molar-refractivity contribution in [1.29, 1.82) is 0 Å². The van der Waals surface area contributed by atoms with Gasteiger partial charge in [0.1, 0.15) is 6.04 Å². The van der Waals surface area contributed by atoms with Gasteiger partial charge in [-0.1, -0.05) is 45.9 Å². The fraction of sp³-hybridized carbons (Fsp3) is 0.471. The average Bonchev–Trinajstić information content (AvgIpc) is 2.95. The van der Waals surface area contributed by atoms with Crippen LogP contribution in [-0.4, -0.2) is 24.1 Å². The topological polar surface area (TPSA) is 54.1 Å². The number of aromatic nitrogens is 1. The van der Waals surface area contributed by atoms with Gasteiger partial charge in [-0.3, -0.25) is 10.1 Å². The third-order valence-electron chi connectivity index (χ3n) is 3.32. The Labute approximate surface area is 126 Å². The van der Waals surface area contributed by atoms with Crippen LogP contribution in [0, 0.1) is 0 Å². The van der Waals surface area contributed by atoms with Crippen LogP contribution in [-0.2, 0) is 22.5 Å². The smallest absolute Gasteiger partial charge is 0.323 e. The summed E-state index contributed by atoms with van der Waals surface area (Å²) < 4.78 is 4.78. The fourth-order valence-corrected chi connectivity index (χ4v) is 2.45. The van der Waals surface area contributed by atoms with Gasteiger partial charge in [0.2, 0.25) is 0 Å². The molecule has 0 saturated carbocycles. The third-order valence-corrected chi connectivity index (χ3v) is 3.32. The van der Waals surface area contributed by atoms with E-state index in [2.05, 4.69) is 22.4 Å². The van der Waals surface area contributed by atoms with Gasteiger partial charge in [0.25, 0.3) is 0 Å². The maximum Gasteiger partial charge on any atom is 0.323 e. The lowest BCUT2D eigenvalue weighted by Gasteiger charge is -2.21. The van der Waals surface area contributed by atoms with E-state index < -0.39 is 0 Å². The summed E-state index contributed by atoms with van der Waals surface area (Å²) in [5, 5.41) is 4.39. The Balaban J connectivity index is 0.000000510. The van der Waals surface area contributed by atoms with Gasteiger partial charge >= 0.3 is 5.97 Å². The number of hydrogen-bond acceptors (Lipinski definition) is 3. The van der Waals surface area contributed by atoms with Crippen molar-refractivity contribution in [2.75, 3.05) is 7.11 Å². The highest BCUT2D eigenvalue weighted by Crippen LogP contribution is 2.26. The van der Waals surface area contributed by atoms with E-state index in [1.807, 2.05) is 39.8 Å². The number of H-pyrrole nitrogens is 1. The molecule has 21 heavy (non-hydrogen) atoms. The molecule has 0 radical (unpaired) electrons. The second-order valence-corrected chi connectivity index (χ2v) is 4.29. The molecule has 0 bridgehead atoms. The molecular formula is C17H26N2O2. The Hall–Kier alpha value is -1.81. The largest absolute Gasteiger partial charge is 0.468 e. The molecule has 1 aliphatic rings. The molecule has 1 atom stereocenters. The van der Waals surface area contributed by atoms with Gasteiger partial charge in [0.15, 0.2) is 0 Å². The number of fused-ring (bicyclic) bond motifs is 3. The van der Waals surface area contributed by atoms with Crippen LogP contribution in [0.2, 0.25) is 0 Å². The first-order valence-electron chi connectivity index (χ1n) is 7.69. The quantitative estimate of drug-likeness (QED) is 0.791. The van der Waals surface area contributed by atoms with E-state index in [0.717, 1.165) is 5.52 Å². The molecule has 116 valence electrons. The number of rotatable bonds is 1. The Bertz CT molecular complexity index is 575. The SMILES string of the molecule is CC.CC.COC(=O)C1Cc2c([nH]c3ccccc23)CN1. The molecular weight excluding hydrogens is 264 g/mol. The standard InChI is InChI=1S/C13H14N2O2.2C2H6/c1-17-13(16)11-6-9-8-4-2-3-5-10(8)15-12(9)7-14-11;2*1-2/h2-5,11,14-15H,6-7H2,1H3;2*1-2H3. The van der Waals surface area contributed by atoms with Gasteiger partial charge in [-0.25, -0.2) is 0 Å². The molecule has 2 aromatic rings. The molecule has 0 saturated heterocycles. The number of ether oxygens (including phenoxy) is 1. The van der Waals surface area contributed by atoms with Crippen molar-refractivity contribution in [1.82, 2.24) is 10.3 Å². The van der Waals surface area contributed by atoms with Gasteiger partial charge in [0.05, 0.1) is 7.11 Å². The number of carbonyl (C=O) groups excluding carboxylic acids is 1. The minimum absolute atomic E-state index is 0.194. The Morgan fingerprint density at radius 3 is 2.52 bits per heavy atom. The van der Waals surface area contributed by atoms with Crippen molar-refractivity contribution < 1.29 is 9.53 Å². The van der Waals surface area contributed by atoms with Crippen molar-refractivity contribution in [3.05, 3.63) is 35.5 Å². The number of esters is 1. The zero-order valence-electron chi connectivity index (χ0n) is 13.6. The number of methoxy groups -OCH3 is 1. The van der Waals surface area contributed by atoms with E-state index in [9.17, 15) is 4.79 Å². The lowest BCUT2D eigenvalue weighted by molar-refractivity contribution is -0.143. The van der Waals surface area contributed by atoms with Crippen molar-refractivity contribution in [2.45, 2.75) is 46.7 Å². The lowest BCUT2D eigenvalue weighted by Crippen LogP contribution is -2.42. The van der Waals surface area contributed by atoms with Crippen LogP contribution in [0.4, 0.5) is 0 Å². The number of hydrogen-bond donors (Lipinski definition) is 2. The minimum atomic E-state index is -0.230. The molecule has 3 rings (SSSR count). The van der Waals surface area contributed by atoms with Gasteiger partial charge in [-0.15, -0.1) is 0 Å². The maximum absolute atomic E-state index is 11.5. The molecule has 0 spiro atoms. The molecule has 2 heterocycles. The predicted molar refractivity (Wildman–Crippen MR) is 87.3 cm³/mol. The van der Waals surface area contributed by atoms with E-state index >= 15 is 0 Å². The van der Waals surface area contributed by atoms with Gasteiger partial charge in [0, 0.05) is 29.6 Å². The summed E-state index contributed by atoms with van der Waals surface area (Å²) in [4.78, 5) is 14.9. The van der Waals surface area contributed by atoms with E-state index in [1.165, 1.54) is 23.8 Å². The number of carbonyl (C=O) groups is 1. The van der Waals surface area contributed by atoms with Crippen molar-refractivity contribution in [3.63, 3.8) is 0 Å². The second-order valence-electron chi connectivity index (χ2n) is 4.29. The summed E-state index contributed by atoms with van der Waals surface area (Å²) in [5.74, 6) is -0.194. The molecule has 1 unspecified atom stereocenters. The molecule has 1 aliphatic heterocycles. The van der Waals surface area contributed by atoms with Crippen LogP contribution in [0.3, 0.4) is 0 Å². The molecule has 0 fully saturated rings. The highest BCUT2D eigenvalue weighted by Gasteiger charge is 2.27. The highest BCUT2D eigenvalue weighted by molar-refractivity contribution is 5.86. The van der Waals surface area contributed by atoms with Gasteiger partial charge in [-0.2, -0.15) is 0 Å². The first-order chi connectivity index (χ1) is 10.3. The zero-order valence-corrected chi connectivity index (χ0v) is 13.6. The number of nitrogens with one attached hydrogen (secondary N) is 2. The summed E-state index contributed by atoms with van der Waals surface area (Å²) in [6.07, 6.45) is 0.687. The predicted octanol–water partition coefficient (Wildman–Crippen LogP) is 3.41. The fourth-order valence-electron chi connectivity index (χ4n) is 2.45. The molecule has 2 N–H and O–H groups in total. The summed E-state index contributed by atoms with van der Waals surface area (Å²) in [7, 11) is 1.43. The van der Waals surface area contributed by atoms with Gasteiger partial charge in [-0.05, 0) is 11.6 Å². The molecule has 1 aromatic carbocycles. The van der Waals surface area contributed by atoms with Crippen LogP contribution >= 0.6 is 0 Å². The molecule has 4 nitrogen and oxygen atoms in total. The maximum atomic E-state index is 11.5. The van der Waals surface area contributed by atoms with E-state index in [-0.39, 0.29) is 12.0 Å². The first kappa shape index (κ1) is 17.2. The molecule has 4 heteroatoms. The molecule has 0 aliphatic carbocycles. The van der Waals surface area contributed by atoms with Crippen molar-refractivity contribution in [2.24, 2.45) is 0 Å². The number of benzene rings is 1. The highest BCUT2D eigenvalue weighted by atomic mass is 16.5. The first-order valence-corrected chi connectivity index (χ1v) is 7.69. The van der Waals surface area contributed by atoms with Crippen molar-refractivity contribution in [3.8, 4) is 0 Å². The van der Waals surface area contributed by atoms with Crippen molar-refractivity contribution >= 4 is 16.9 Å². The molecule has 1 aromatic heterocycles. The van der Waals surface area contributed by atoms with E-state index in [0.29, 0.717) is 13.0 Å². The van der Waals surface area contributed by atoms with E-state index in [1.54, 1.807) is 0 Å². The number of para-hydroxylation sites is 1. The Kier molecular flexibility index (Phi) is 6.96. The number of aromatic amines is 1. The van der Waals surface area contributed by atoms with Gasteiger partial charge < -0.3 is 9.72 Å². The van der Waals surface area contributed by atoms with Crippen LogP contribution in [0.25, 0.3) is 10.9 Å². The van der Waals surface area contributed by atoms with Crippen LogP contribution in [0.1, 0.15) is 39.0 Å². The van der Waals surface area contributed by atoms with Crippen LogP contribution in [0.15, 0.2) is 24.3 Å². The Morgan fingerprint density at radius 1 is 1.19 bits per heavy atom.